The zero-order valence-corrected chi connectivity index (χ0v) is 12.2. The molecule has 0 aliphatic rings. The van der Waals surface area contributed by atoms with Crippen molar-refractivity contribution in [2.24, 2.45) is 0 Å². The molecule has 0 atom stereocenters. The van der Waals surface area contributed by atoms with Crippen molar-refractivity contribution < 1.29 is 13.9 Å². The van der Waals surface area contributed by atoms with Gasteiger partial charge in [-0.1, -0.05) is 12.1 Å². The molecule has 2 aromatic rings. The molecule has 0 N–H and O–H groups in total. The van der Waals surface area contributed by atoms with Gasteiger partial charge >= 0.3 is 0 Å². The van der Waals surface area contributed by atoms with E-state index in [0.29, 0.717) is 12.0 Å². The number of Topliss-reactive ketones (excluding diaryl/α,β-unsaturated/α-hetero) is 1. The van der Waals surface area contributed by atoms with Crippen molar-refractivity contribution >= 4 is 17.1 Å². The predicted molar refractivity (Wildman–Crippen MR) is 78.9 cm³/mol. The minimum Gasteiger partial charge on any atom is -0.494 e. The maximum atomic E-state index is 13.5. The van der Waals surface area contributed by atoms with Crippen LogP contribution in [0.1, 0.15) is 23.3 Å². The van der Waals surface area contributed by atoms with Crippen molar-refractivity contribution in [1.82, 2.24) is 0 Å². The number of hydrogen-bond acceptors (Lipinski definition) is 3. The van der Waals surface area contributed by atoms with E-state index in [2.05, 4.69) is 6.07 Å². The highest BCUT2D eigenvalue weighted by atomic mass is 32.1. The van der Waals surface area contributed by atoms with Crippen molar-refractivity contribution in [2.45, 2.75) is 25.7 Å². The molecule has 1 heterocycles. The highest BCUT2D eigenvalue weighted by molar-refractivity contribution is 7.09. The first-order valence-corrected chi connectivity index (χ1v) is 7.43. The molecular weight excluding hydrogens is 275 g/mol. The third kappa shape index (κ3) is 4.17. The summed E-state index contributed by atoms with van der Waals surface area (Å²) in [6, 6.07) is 8.76. The fourth-order valence-electron chi connectivity index (χ4n) is 2.05. The average molecular weight is 292 g/mol. The number of carbonyl (C=O) groups is 1. The largest absolute Gasteiger partial charge is 0.494 e. The molecule has 106 valence electrons. The normalized spacial score (nSPS) is 10.5. The number of rotatable bonds is 7. The van der Waals surface area contributed by atoms with E-state index < -0.39 is 5.82 Å². The summed E-state index contributed by atoms with van der Waals surface area (Å²) in [5, 5.41) is 2.04. The lowest BCUT2D eigenvalue weighted by Crippen LogP contribution is -2.03. The average Bonchev–Trinajstić information content (AvgIpc) is 2.92. The zero-order chi connectivity index (χ0) is 14.4. The third-order valence-electron chi connectivity index (χ3n) is 3.08. The van der Waals surface area contributed by atoms with Crippen molar-refractivity contribution in [3.05, 3.63) is 52.0 Å². The highest BCUT2D eigenvalue weighted by Gasteiger charge is 2.08. The van der Waals surface area contributed by atoms with Gasteiger partial charge in [0.25, 0.3) is 0 Å². The SMILES string of the molecule is COc1ccc(CC(=O)CCCc2cccs2)cc1F. The van der Waals surface area contributed by atoms with Gasteiger partial charge in [0.1, 0.15) is 5.78 Å². The standard InChI is InChI=1S/C16H17FO2S/c1-19-16-8-7-12(11-15(16)17)10-13(18)4-2-5-14-6-3-9-20-14/h3,6-9,11H,2,4-5,10H2,1H3. The predicted octanol–water partition coefficient (Wildman–Crippen LogP) is 4.03. The quantitative estimate of drug-likeness (QED) is 0.770. The number of aryl methyl sites for hydroxylation is 1. The molecule has 0 aliphatic carbocycles. The minimum atomic E-state index is -0.420. The Morgan fingerprint density at radius 3 is 2.85 bits per heavy atom. The first-order valence-electron chi connectivity index (χ1n) is 6.55. The van der Waals surface area contributed by atoms with Gasteiger partial charge in [0.05, 0.1) is 7.11 Å². The lowest BCUT2D eigenvalue weighted by molar-refractivity contribution is -0.118. The summed E-state index contributed by atoms with van der Waals surface area (Å²) >= 11 is 1.71. The molecule has 1 aromatic carbocycles. The Kier molecular flexibility index (Phi) is 5.30. The van der Waals surface area contributed by atoms with Crippen LogP contribution < -0.4 is 4.74 Å². The molecule has 0 unspecified atom stereocenters. The van der Waals surface area contributed by atoms with Gasteiger partial charge < -0.3 is 4.74 Å². The smallest absolute Gasteiger partial charge is 0.165 e. The molecule has 4 heteroatoms. The number of methoxy groups -OCH3 is 1. The molecular formula is C16H17FO2S. The summed E-state index contributed by atoms with van der Waals surface area (Å²) < 4.78 is 18.4. The Hall–Kier alpha value is -1.68. The van der Waals surface area contributed by atoms with E-state index in [4.69, 9.17) is 4.74 Å². The summed E-state index contributed by atoms with van der Waals surface area (Å²) in [5.41, 5.74) is 0.699. The number of hydrogen-bond donors (Lipinski definition) is 0. The molecule has 2 rings (SSSR count). The van der Waals surface area contributed by atoms with Crippen molar-refractivity contribution in [1.29, 1.82) is 0 Å². The van der Waals surface area contributed by atoms with E-state index in [0.717, 1.165) is 12.8 Å². The summed E-state index contributed by atoms with van der Waals surface area (Å²) in [7, 11) is 1.42. The first-order chi connectivity index (χ1) is 9.69. The highest BCUT2D eigenvalue weighted by Crippen LogP contribution is 2.18. The van der Waals surface area contributed by atoms with Gasteiger partial charge in [0, 0.05) is 17.7 Å². The molecule has 2 nitrogen and oxygen atoms in total. The number of thiophene rings is 1. The molecule has 0 aliphatic heterocycles. The summed E-state index contributed by atoms with van der Waals surface area (Å²) in [6.45, 7) is 0. The molecule has 0 saturated carbocycles. The Morgan fingerprint density at radius 2 is 2.20 bits per heavy atom. The first kappa shape index (κ1) is 14.7. The van der Waals surface area contributed by atoms with Gasteiger partial charge in [-0.05, 0) is 42.0 Å². The van der Waals surface area contributed by atoms with E-state index in [1.54, 1.807) is 23.5 Å². The Bertz CT molecular complexity index is 564. The second kappa shape index (κ2) is 7.20. The van der Waals surface area contributed by atoms with Crippen molar-refractivity contribution in [3.63, 3.8) is 0 Å². The lowest BCUT2D eigenvalue weighted by Gasteiger charge is -2.05. The number of benzene rings is 1. The van der Waals surface area contributed by atoms with Gasteiger partial charge in [0.2, 0.25) is 0 Å². The molecule has 0 bridgehead atoms. The topological polar surface area (TPSA) is 26.3 Å². The van der Waals surface area contributed by atoms with Crippen LogP contribution in [0.25, 0.3) is 0 Å². The van der Waals surface area contributed by atoms with Gasteiger partial charge in [-0.3, -0.25) is 4.79 Å². The van der Waals surface area contributed by atoms with Gasteiger partial charge in [0.15, 0.2) is 11.6 Å². The van der Waals surface area contributed by atoms with Crippen molar-refractivity contribution in [2.75, 3.05) is 7.11 Å². The molecule has 0 amide bonds. The number of carbonyl (C=O) groups excluding carboxylic acids is 1. The maximum absolute atomic E-state index is 13.5. The zero-order valence-electron chi connectivity index (χ0n) is 11.4. The second-order valence-corrected chi connectivity index (χ2v) is 5.65. The maximum Gasteiger partial charge on any atom is 0.165 e. The lowest BCUT2D eigenvalue weighted by atomic mass is 10.0. The van der Waals surface area contributed by atoms with E-state index in [9.17, 15) is 9.18 Å². The Morgan fingerprint density at radius 1 is 1.35 bits per heavy atom. The van der Waals surface area contributed by atoms with Crippen LogP contribution in [-0.4, -0.2) is 12.9 Å². The van der Waals surface area contributed by atoms with Crippen LogP contribution in [0.5, 0.6) is 5.75 Å². The van der Waals surface area contributed by atoms with Crippen LogP contribution in [0.2, 0.25) is 0 Å². The van der Waals surface area contributed by atoms with Crippen LogP contribution in [-0.2, 0) is 17.6 Å². The molecule has 20 heavy (non-hydrogen) atoms. The van der Waals surface area contributed by atoms with E-state index in [1.165, 1.54) is 18.1 Å². The monoisotopic (exact) mass is 292 g/mol. The fourth-order valence-corrected chi connectivity index (χ4v) is 2.80. The van der Waals surface area contributed by atoms with Gasteiger partial charge in [-0.15, -0.1) is 11.3 Å². The molecule has 0 radical (unpaired) electrons. The van der Waals surface area contributed by atoms with Crippen LogP contribution in [0.3, 0.4) is 0 Å². The van der Waals surface area contributed by atoms with Crippen LogP contribution in [0, 0.1) is 5.82 Å². The van der Waals surface area contributed by atoms with Crippen LogP contribution in [0.15, 0.2) is 35.7 Å². The Labute approximate surface area is 122 Å². The second-order valence-electron chi connectivity index (χ2n) is 4.62. The van der Waals surface area contributed by atoms with E-state index in [1.807, 2.05) is 11.4 Å². The summed E-state index contributed by atoms with van der Waals surface area (Å²) in [6.07, 6.45) is 2.59. The molecule has 0 fully saturated rings. The number of ether oxygens (including phenoxy) is 1. The molecule has 0 spiro atoms. The van der Waals surface area contributed by atoms with Gasteiger partial charge in [-0.2, -0.15) is 0 Å². The fraction of sp³-hybridized carbons (Fsp3) is 0.312. The number of halogens is 1. The summed E-state index contributed by atoms with van der Waals surface area (Å²) in [5.74, 6) is -0.0681. The molecule has 0 saturated heterocycles. The minimum absolute atomic E-state index is 0.145. The van der Waals surface area contributed by atoms with Gasteiger partial charge in [-0.25, -0.2) is 4.39 Å². The number of ketones is 1. The third-order valence-corrected chi connectivity index (χ3v) is 4.01. The van der Waals surface area contributed by atoms with E-state index >= 15 is 0 Å². The van der Waals surface area contributed by atoms with Crippen molar-refractivity contribution in [3.8, 4) is 5.75 Å². The molecule has 1 aromatic heterocycles. The Balaban J connectivity index is 1.80. The van der Waals surface area contributed by atoms with Crippen LogP contribution in [0.4, 0.5) is 4.39 Å². The van der Waals surface area contributed by atoms with Crippen LogP contribution >= 0.6 is 11.3 Å². The van der Waals surface area contributed by atoms with E-state index in [-0.39, 0.29) is 18.0 Å². The summed E-state index contributed by atoms with van der Waals surface area (Å²) in [4.78, 5) is 13.2.